The molecule has 2 aliphatic carbocycles. The van der Waals surface area contributed by atoms with Crippen molar-refractivity contribution in [2.24, 2.45) is 0 Å². The van der Waals surface area contributed by atoms with Crippen molar-refractivity contribution in [3.05, 3.63) is 169 Å². The van der Waals surface area contributed by atoms with Gasteiger partial charge in [0.1, 0.15) is 0 Å². The van der Waals surface area contributed by atoms with E-state index in [-0.39, 0.29) is 5.41 Å². The molecule has 50 heavy (non-hydrogen) atoms. The van der Waals surface area contributed by atoms with Gasteiger partial charge < -0.3 is 4.57 Å². The Balaban J connectivity index is 1.05. The summed E-state index contributed by atoms with van der Waals surface area (Å²) < 4.78 is 2.41. The Labute approximate surface area is 290 Å². The van der Waals surface area contributed by atoms with Crippen LogP contribution in [0.3, 0.4) is 0 Å². The van der Waals surface area contributed by atoms with E-state index >= 15 is 0 Å². The number of aromatic nitrogens is 2. The lowest BCUT2D eigenvalue weighted by Crippen LogP contribution is -2.14. The zero-order valence-electron chi connectivity index (χ0n) is 27.9. The predicted octanol–water partition coefficient (Wildman–Crippen LogP) is 12.6. The van der Waals surface area contributed by atoms with Crippen molar-refractivity contribution in [2.75, 3.05) is 0 Å². The molecule has 0 aliphatic heterocycles. The van der Waals surface area contributed by atoms with Gasteiger partial charge in [0.05, 0.1) is 22.4 Å². The fraction of sp³-hybridized carbons (Fsp3) is 0.0625. The summed E-state index contributed by atoms with van der Waals surface area (Å²) in [7, 11) is 0. The number of hydrogen-bond donors (Lipinski definition) is 0. The van der Waals surface area contributed by atoms with Crippen LogP contribution in [-0.4, -0.2) is 9.55 Å². The molecule has 234 valence electrons. The van der Waals surface area contributed by atoms with E-state index in [9.17, 15) is 0 Å². The lowest BCUT2D eigenvalue weighted by atomic mass is 9.81. The van der Waals surface area contributed by atoms with Crippen LogP contribution < -0.4 is 0 Å². The Kier molecular flexibility index (Phi) is 5.48. The van der Waals surface area contributed by atoms with E-state index < -0.39 is 0 Å². The van der Waals surface area contributed by atoms with Crippen LogP contribution >= 0.6 is 0 Å². The number of fused-ring (bicyclic) bond motifs is 9. The highest BCUT2D eigenvalue weighted by Gasteiger charge is 2.35. The molecule has 0 spiro atoms. The van der Waals surface area contributed by atoms with Gasteiger partial charge in [-0.2, -0.15) is 0 Å². The average Bonchev–Trinajstić information content (AvgIpc) is 3.75. The zero-order chi connectivity index (χ0) is 33.1. The molecule has 2 aliphatic rings. The zero-order valence-corrected chi connectivity index (χ0v) is 27.9. The van der Waals surface area contributed by atoms with Crippen LogP contribution in [0.4, 0.5) is 0 Å². The van der Waals surface area contributed by atoms with Gasteiger partial charge in [0.15, 0.2) is 0 Å². The minimum atomic E-state index is -0.0306. The summed E-state index contributed by atoms with van der Waals surface area (Å²) in [6, 6.07) is 58.0. The SMILES string of the molecule is CC1(C)c2ccccc2-c2ccc(-c3ccc4c(c3)c3ccccc3n4-c3cccc(-c4cc5cccc6c5c(n4)-c4ccccc4-6)c3)cc21. The van der Waals surface area contributed by atoms with Crippen molar-refractivity contribution in [1.29, 1.82) is 0 Å². The molecular formula is C48H32N2. The molecule has 2 aromatic heterocycles. The third kappa shape index (κ3) is 3.71. The highest BCUT2D eigenvalue weighted by molar-refractivity contribution is 6.15. The molecular weight excluding hydrogens is 605 g/mol. The van der Waals surface area contributed by atoms with E-state index in [1.165, 1.54) is 82.6 Å². The first-order valence-corrected chi connectivity index (χ1v) is 17.5. The third-order valence-electron chi connectivity index (χ3n) is 11.3. The maximum atomic E-state index is 5.31. The molecule has 0 amide bonds. The summed E-state index contributed by atoms with van der Waals surface area (Å²) in [4.78, 5) is 5.31. The summed E-state index contributed by atoms with van der Waals surface area (Å²) >= 11 is 0. The number of rotatable bonds is 3. The van der Waals surface area contributed by atoms with E-state index in [1.807, 2.05) is 0 Å². The quantitative estimate of drug-likeness (QED) is 0.189. The summed E-state index contributed by atoms with van der Waals surface area (Å²) in [5.41, 5.74) is 18.5. The molecule has 9 aromatic rings. The van der Waals surface area contributed by atoms with Crippen LogP contribution in [-0.2, 0) is 5.41 Å². The Hall–Kier alpha value is -6.25. The Morgan fingerprint density at radius 1 is 0.460 bits per heavy atom. The van der Waals surface area contributed by atoms with E-state index in [0.29, 0.717) is 0 Å². The molecule has 2 nitrogen and oxygen atoms in total. The van der Waals surface area contributed by atoms with Gasteiger partial charge in [0.2, 0.25) is 0 Å². The fourth-order valence-corrected chi connectivity index (χ4v) is 8.92. The largest absolute Gasteiger partial charge is 0.309 e. The topological polar surface area (TPSA) is 17.8 Å². The van der Waals surface area contributed by atoms with Crippen molar-refractivity contribution >= 4 is 32.6 Å². The molecule has 11 rings (SSSR count). The average molecular weight is 637 g/mol. The normalized spacial score (nSPS) is 13.6. The molecule has 0 unspecified atom stereocenters. The molecule has 2 heteroatoms. The monoisotopic (exact) mass is 636 g/mol. The van der Waals surface area contributed by atoms with Gasteiger partial charge in [-0.1, -0.05) is 129 Å². The van der Waals surface area contributed by atoms with Gasteiger partial charge in [-0.3, -0.25) is 0 Å². The molecule has 0 saturated heterocycles. The van der Waals surface area contributed by atoms with Crippen molar-refractivity contribution in [2.45, 2.75) is 19.3 Å². The van der Waals surface area contributed by atoms with E-state index in [1.54, 1.807) is 0 Å². The van der Waals surface area contributed by atoms with Crippen LogP contribution in [0.5, 0.6) is 0 Å². The number of pyridine rings is 1. The minimum Gasteiger partial charge on any atom is -0.309 e. The van der Waals surface area contributed by atoms with Crippen LogP contribution in [0.1, 0.15) is 25.0 Å². The second kappa shape index (κ2) is 9.90. The summed E-state index contributed by atoms with van der Waals surface area (Å²) in [5.74, 6) is 0. The van der Waals surface area contributed by atoms with E-state index in [4.69, 9.17) is 4.98 Å². The summed E-state index contributed by atoms with van der Waals surface area (Å²) in [6.07, 6.45) is 0. The van der Waals surface area contributed by atoms with Crippen molar-refractivity contribution in [1.82, 2.24) is 9.55 Å². The fourth-order valence-electron chi connectivity index (χ4n) is 8.92. The first-order valence-electron chi connectivity index (χ1n) is 17.5. The Morgan fingerprint density at radius 2 is 1.16 bits per heavy atom. The van der Waals surface area contributed by atoms with Gasteiger partial charge >= 0.3 is 0 Å². The number of nitrogens with zero attached hydrogens (tertiary/aromatic N) is 2. The molecule has 0 atom stereocenters. The molecule has 7 aromatic carbocycles. The van der Waals surface area contributed by atoms with Crippen LogP contribution in [0.2, 0.25) is 0 Å². The van der Waals surface area contributed by atoms with Gasteiger partial charge in [0, 0.05) is 38.4 Å². The van der Waals surface area contributed by atoms with Gasteiger partial charge in [-0.25, -0.2) is 4.98 Å². The summed E-state index contributed by atoms with van der Waals surface area (Å²) in [6.45, 7) is 4.70. The summed E-state index contributed by atoms with van der Waals surface area (Å²) in [5, 5.41) is 4.99. The van der Waals surface area contributed by atoms with Gasteiger partial charge in [-0.15, -0.1) is 0 Å². The number of para-hydroxylation sites is 1. The first kappa shape index (κ1) is 27.7. The molecule has 0 saturated carbocycles. The minimum absolute atomic E-state index is 0.0306. The maximum absolute atomic E-state index is 5.31. The van der Waals surface area contributed by atoms with Crippen molar-refractivity contribution in [3.63, 3.8) is 0 Å². The van der Waals surface area contributed by atoms with Gasteiger partial charge in [0.25, 0.3) is 0 Å². The number of hydrogen-bond acceptors (Lipinski definition) is 1. The van der Waals surface area contributed by atoms with E-state index in [2.05, 4.69) is 176 Å². The second-order valence-corrected chi connectivity index (χ2v) is 14.4. The molecule has 0 fully saturated rings. The standard InChI is InChI=1S/C48H32N2/c1-48(2)41-19-7-5-15-35(41)36-23-21-30(27-42(36)48)29-22-24-45-40(26-29)37-16-6-8-20-44(37)50(45)33-13-9-11-31(25-33)43-28-32-12-10-18-38-34-14-3-4-17-39(34)47(49-43)46(32)38/h3-28H,1-2H3. The predicted molar refractivity (Wildman–Crippen MR) is 209 cm³/mol. The highest BCUT2D eigenvalue weighted by atomic mass is 15.0. The van der Waals surface area contributed by atoms with Crippen LogP contribution in [0.25, 0.3) is 94.2 Å². The van der Waals surface area contributed by atoms with E-state index in [0.717, 1.165) is 22.6 Å². The maximum Gasteiger partial charge on any atom is 0.0800 e. The first-order chi connectivity index (χ1) is 24.5. The highest BCUT2D eigenvalue weighted by Crippen LogP contribution is 2.50. The lowest BCUT2D eigenvalue weighted by molar-refractivity contribution is 0.660. The van der Waals surface area contributed by atoms with Crippen molar-refractivity contribution < 1.29 is 0 Å². The smallest absolute Gasteiger partial charge is 0.0800 e. The molecule has 0 radical (unpaired) electrons. The molecule has 0 bridgehead atoms. The van der Waals surface area contributed by atoms with Crippen LogP contribution in [0.15, 0.2) is 158 Å². The Bertz CT molecular complexity index is 2900. The molecule has 2 heterocycles. The third-order valence-corrected chi connectivity index (χ3v) is 11.3. The number of benzene rings is 7. The second-order valence-electron chi connectivity index (χ2n) is 14.4. The Morgan fingerprint density at radius 3 is 2.08 bits per heavy atom. The van der Waals surface area contributed by atoms with Gasteiger partial charge in [-0.05, 0) is 92.4 Å². The van der Waals surface area contributed by atoms with Crippen molar-refractivity contribution in [3.8, 4) is 61.6 Å². The van der Waals surface area contributed by atoms with Crippen LogP contribution in [0, 0.1) is 0 Å². The molecule has 0 N–H and O–H groups in total. The lowest BCUT2D eigenvalue weighted by Gasteiger charge is -2.22.